The lowest BCUT2D eigenvalue weighted by Crippen LogP contribution is -2.00. The lowest BCUT2D eigenvalue weighted by Gasteiger charge is -2.11. The zero-order valence-corrected chi connectivity index (χ0v) is 28.5. The molecule has 0 radical (unpaired) electrons. The van der Waals surface area contributed by atoms with Crippen LogP contribution in [0.25, 0.3) is 93.0 Å². The van der Waals surface area contributed by atoms with E-state index in [9.17, 15) is 5.26 Å². The smallest absolute Gasteiger partial charge is 0.164 e. The lowest BCUT2D eigenvalue weighted by molar-refractivity contribution is 1.07. The van der Waals surface area contributed by atoms with E-state index < -0.39 is 0 Å². The van der Waals surface area contributed by atoms with Crippen molar-refractivity contribution in [2.45, 2.75) is 0 Å². The van der Waals surface area contributed by atoms with Gasteiger partial charge in [-0.2, -0.15) is 5.26 Å². The number of hydrogen-bond acceptors (Lipinski definition) is 5. The predicted molar refractivity (Wildman–Crippen MR) is 214 cm³/mol. The summed E-state index contributed by atoms with van der Waals surface area (Å²) < 4.78 is 4.86. The fraction of sp³-hybridized carbons (Fsp3) is 0. The van der Waals surface area contributed by atoms with Crippen LogP contribution >= 0.6 is 11.3 Å². The van der Waals surface area contributed by atoms with Gasteiger partial charge >= 0.3 is 0 Å². The van der Waals surface area contributed by atoms with Gasteiger partial charge < -0.3 is 4.57 Å². The van der Waals surface area contributed by atoms with Crippen molar-refractivity contribution >= 4 is 53.3 Å². The van der Waals surface area contributed by atoms with Gasteiger partial charge in [0.1, 0.15) is 0 Å². The van der Waals surface area contributed by atoms with Crippen LogP contribution in [0.1, 0.15) is 5.56 Å². The molecule has 0 saturated heterocycles. The van der Waals surface area contributed by atoms with Gasteiger partial charge in [-0.15, -0.1) is 11.3 Å². The highest BCUT2D eigenvalue weighted by atomic mass is 32.1. The molecule has 0 aliphatic carbocycles. The first kappa shape index (κ1) is 29.9. The topological polar surface area (TPSA) is 67.4 Å². The molecule has 3 aromatic heterocycles. The van der Waals surface area contributed by atoms with E-state index in [1.54, 1.807) is 0 Å². The van der Waals surface area contributed by atoms with Crippen molar-refractivity contribution in [2.75, 3.05) is 0 Å². The van der Waals surface area contributed by atoms with E-state index in [2.05, 4.69) is 102 Å². The monoisotopic (exact) mass is 681 g/mol. The molecule has 0 amide bonds. The van der Waals surface area contributed by atoms with Crippen molar-refractivity contribution in [1.82, 2.24) is 19.5 Å². The van der Waals surface area contributed by atoms with E-state index in [1.807, 2.05) is 84.1 Å². The first-order chi connectivity index (χ1) is 25.7. The van der Waals surface area contributed by atoms with E-state index >= 15 is 0 Å². The fourth-order valence-electron chi connectivity index (χ4n) is 7.21. The molecule has 0 saturated carbocycles. The molecule has 10 aromatic rings. The summed E-state index contributed by atoms with van der Waals surface area (Å²) in [6.45, 7) is 0. The van der Waals surface area contributed by atoms with Crippen molar-refractivity contribution in [1.29, 1.82) is 5.26 Å². The normalized spacial score (nSPS) is 11.4. The van der Waals surface area contributed by atoms with Crippen molar-refractivity contribution in [3.05, 3.63) is 169 Å². The van der Waals surface area contributed by atoms with Crippen LogP contribution < -0.4 is 0 Å². The third kappa shape index (κ3) is 4.95. The average molecular weight is 682 g/mol. The Kier molecular flexibility index (Phi) is 6.98. The minimum absolute atomic E-state index is 0.610. The largest absolute Gasteiger partial charge is 0.309 e. The molecule has 0 bridgehead atoms. The van der Waals surface area contributed by atoms with E-state index in [4.69, 9.17) is 15.0 Å². The zero-order valence-electron chi connectivity index (χ0n) is 27.7. The summed E-state index contributed by atoms with van der Waals surface area (Å²) in [5.74, 6) is 1.87. The number of hydrogen-bond donors (Lipinski definition) is 0. The third-order valence-electron chi connectivity index (χ3n) is 9.69. The first-order valence-electron chi connectivity index (χ1n) is 17.1. The summed E-state index contributed by atoms with van der Waals surface area (Å²) in [6.07, 6.45) is 0. The van der Waals surface area contributed by atoms with E-state index in [1.165, 1.54) is 25.7 Å². The minimum atomic E-state index is 0.610. The molecule has 0 spiro atoms. The Morgan fingerprint density at radius 3 is 1.77 bits per heavy atom. The van der Waals surface area contributed by atoms with Crippen LogP contribution in [0.5, 0.6) is 0 Å². The zero-order chi connectivity index (χ0) is 34.6. The van der Waals surface area contributed by atoms with Crippen LogP contribution in [0.15, 0.2) is 164 Å². The number of fused-ring (bicyclic) bond motifs is 6. The first-order valence-corrected chi connectivity index (χ1v) is 17.9. The van der Waals surface area contributed by atoms with Crippen LogP contribution in [0.3, 0.4) is 0 Å². The summed E-state index contributed by atoms with van der Waals surface area (Å²) in [5.41, 5.74) is 8.88. The highest BCUT2D eigenvalue weighted by Gasteiger charge is 2.17. The number of benzene rings is 7. The summed E-state index contributed by atoms with van der Waals surface area (Å²) in [5, 5.41) is 14.5. The van der Waals surface area contributed by atoms with Crippen LogP contribution in [0, 0.1) is 11.3 Å². The Balaban J connectivity index is 1.14. The Morgan fingerprint density at radius 2 is 1.08 bits per heavy atom. The summed E-state index contributed by atoms with van der Waals surface area (Å²) in [6, 6.07) is 58.6. The molecule has 0 N–H and O–H groups in total. The molecule has 0 unspecified atom stereocenters. The standard InChI is InChI=1S/C46H27N5S/c47-28-29-18-25-40-39(26-29)36-24-21-33(35-15-9-16-38-37-14-7-8-17-42(37)52-43(35)38)27-41(36)51(40)34-22-19-32(20-23-34)46-49-44(30-10-3-1-4-11-30)48-45(50-46)31-12-5-2-6-13-31/h1-27H. The quantitative estimate of drug-likeness (QED) is 0.181. The van der Waals surface area contributed by atoms with Gasteiger partial charge in [-0.3, -0.25) is 0 Å². The molecule has 242 valence electrons. The third-order valence-corrected chi connectivity index (χ3v) is 10.9. The maximum atomic E-state index is 9.80. The van der Waals surface area contributed by atoms with Crippen LogP contribution in [0.2, 0.25) is 0 Å². The van der Waals surface area contributed by atoms with Crippen molar-refractivity contribution < 1.29 is 0 Å². The summed E-state index contributed by atoms with van der Waals surface area (Å²) in [4.78, 5) is 14.7. The molecular weight excluding hydrogens is 655 g/mol. The van der Waals surface area contributed by atoms with Crippen molar-refractivity contribution in [3.63, 3.8) is 0 Å². The maximum Gasteiger partial charge on any atom is 0.164 e. The van der Waals surface area contributed by atoms with Crippen LogP contribution in [-0.2, 0) is 0 Å². The van der Waals surface area contributed by atoms with E-state index in [0.717, 1.165) is 49.7 Å². The predicted octanol–water partition coefficient (Wildman–Crippen LogP) is 11.9. The Morgan fingerprint density at radius 1 is 0.462 bits per heavy atom. The second-order valence-electron chi connectivity index (χ2n) is 12.8. The molecular formula is C46H27N5S. The Hall–Kier alpha value is -6.94. The lowest BCUT2D eigenvalue weighted by atomic mass is 10.0. The maximum absolute atomic E-state index is 9.80. The molecule has 0 fully saturated rings. The van der Waals surface area contributed by atoms with E-state index in [-0.39, 0.29) is 0 Å². The molecule has 5 nitrogen and oxygen atoms in total. The highest BCUT2D eigenvalue weighted by molar-refractivity contribution is 7.26. The molecule has 7 aromatic carbocycles. The summed E-state index contributed by atoms with van der Waals surface area (Å²) >= 11 is 1.84. The number of aromatic nitrogens is 4. The molecule has 0 aliphatic rings. The molecule has 0 atom stereocenters. The molecule has 6 heteroatoms. The van der Waals surface area contributed by atoms with Gasteiger partial charge in [-0.25, -0.2) is 15.0 Å². The van der Waals surface area contributed by atoms with Crippen molar-refractivity contribution in [3.8, 4) is 57.0 Å². The highest BCUT2D eigenvalue weighted by Crippen LogP contribution is 2.42. The minimum Gasteiger partial charge on any atom is -0.309 e. The van der Waals surface area contributed by atoms with Gasteiger partial charge in [0.05, 0.1) is 22.7 Å². The van der Waals surface area contributed by atoms with Gasteiger partial charge in [-0.05, 0) is 65.7 Å². The van der Waals surface area contributed by atoms with Crippen molar-refractivity contribution in [2.24, 2.45) is 0 Å². The van der Waals surface area contributed by atoms with E-state index in [0.29, 0.717) is 23.0 Å². The number of rotatable bonds is 5. The molecule has 10 rings (SSSR count). The summed E-state index contributed by atoms with van der Waals surface area (Å²) in [7, 11) is 0. The van der Waals surface area contributed by atoms with Crippen LogP contribution in [0.4, 0.5) is 0 Å². The second kappa shape index (κ2) is 12.1. The van der Waals surface area contributed by atoms with Gasteiger partial charge in [-0.1, -0.05) is 109 Å². The Labute approximate surface area is 303 Å². The SMILES string of the molecule is N#Cc1ccc2c(c1)c1ccc(-c3cccc4c3sc3ccccc34)cc1n2-c1ccc(-c2nc(-c3ccccc3)nc(-c3ccccc3)n2)cc1. The molecule has 52 heavy (non-hydrogen) atoms. The van der Waals surface area contributed by atoms with Gasteiger partial charge in [0, 0.05) is 53.3 Å². The number of nitrogens with zero attached hydrogens (tertiary/aromatic N) is 5. The average Bonchev–Trinajstić information content (AvgIpc) is 3.76. The number of thiophene rings is 1. The van der Waals surface area contributed by atoms with Gasteiger partial charge in [0.2, 0.25) is 0 Å². The number of nitriles is 1. The molecule has 3 heterocycles. The second-order valence-corrected chi connectivity index (χ2v) is 13.8. The van der Waals surface area contributed by atoms with Crippen LogP contribution in [-0.4, -0.2) is 19.5 Å². The van der Waals surface area contributed by atoms with Gasteiger partial charge in [0.25, 0.3) is 0 Å². The Bertz CT molecular complexity index is 2950. The molecule has 0 aliphatic heterocycles. The van der Waals surface area contributed by atoms with Gasteiger partial charge in [0.15, 0.2) is 17.5 Å². The fourth-order valence-corrected chi connectivity index (χ4v) is 8.45.